The summed E-state index contributed by atoms with van der Waals surface area (Å²) in [7, 11) is 1.60. The van der Waals surface area contributed by atoms with Crippen molar-refractivity contribution in [3.8, 4) is 5.75 Å². The molecule has 0 unspecified atom stereocenters. The Labute approximate surface area is 125 Å². The van der Waals surface area contributed by atoms with Crippen molar-refractivity contribution in [2.24, 2.45) is 17.8 Å². The van der Waals surface area contributed by atoms with Gasteiger partial charge < -0.3 is 15.2 Å². The fourth-order valence-electron chi connectivity index (χ4n) is 3.11. The zero-order valence-corrected chi connectivity index (χ0v) is 12.4. The summed E-state index contributed by atoms with van der Waals surface area (Å²) in [5.74, 6) is 1.96. The summed E-state index contributed by atoms with van der Waals surface area (Å²) in [6.07, 6.45) is 4.69. The first-order valence-corrected chi connectivity index (χ1v) is 7.78. The Morgan fingerprint density at radius 2 is 2.05 bits per heavy atom. The van der Waals surface area contributed by atoms with Crippen molar-refractivity contribution >= 4 is 5.91 Å². The molecule has 0 saturated heterocycles. The van der Waals surface area contributed by atoms with E-state index in [2.05, 4.69) is 5.32 Å². The number of benzene rings is 1. The molecule has 2 aliphatic carbocycles. The van der Waals surface area contributed by atoms with Crippen LogP contribution in [-0.2, 0) is 0 Å². The Hall–Kier alpha value is -1.55. The van der Waals surface area contributed by atoms with Crippen molar-refractivity contribution in [3.63, 3.8) is 0 Å². The molecule has 0 aliphatic heterocycles. The molecular weight excluding hydrogens is 266 g/mol. The fraction of sp³-hybridized carbons (Fsp3) is 0.588. The monoisotopic (exact) mass is 289 g/mol. The standard InChI is InChI=1S/C17H23NO3/c1-21-14-4-2-3-13(9-14)17(20)18-16(12-7-8-12)15(10-19)11-5-6-11/h2-4,9,11-12,15-16,19H,5-8,10H2,1H3,(H,18,20)/t15-,16+/m1/s1. The number of ether oxygens (including phenoxy) is 1. The first-order valence-electron chi connectivity index (χ1n) is 7.78. The van der Waals surface area contributed by atoms with Crippen LogP contribution in [0.15, 0.2) is 24.3 Å². The van der Waals surface area contributed by atoms with Crippen LogP contribution in [0.3, 0.4) is 0 Å². The fourth-order valence-corrected chi connectivity index (χ4v) is 3.11. The zero-order valence-electron chi connectivity index (χ0n) is 12.4. The highest BCUT2D eigenvalue weighted by molar-refractivity contribution is 5.94. The number of carbonyl (C=O) groups is 1. The quantitative estimate of drug-likeness (QED) is 0.809. The van der Waals surface area contributed by atoms with E-state index in [-0.39, 0.29) is 24.5 Å². The van der Waals surface area contributed by atoms with Crippen LogP contribution in [0.5, 0.6) is 5.75 Å². The van der Waals surface area contributed by atoms with Gasteiger partial charge in [0.2, 0.25) is 0 Å². The molecule has 2 atom stereocenters. The number of nitrogens with one attached hydrogen (secondary N) is 1. The lowest BCUT2D eigenvalue weighted by molar-refractivity contribution is 0.0878. The third-order valence-corrected chi connectivity index (χ3v) is 4.66. The molecule has 0 spiro atoms. The molecule has 3 rings (SSSR count). The molecule has 2 fully saturated rings. The Kier molecular flexibility index (Phi) is 4.15. The van der Waals surface area contributed by atoms with Crippen molar-refractivity contribution in [1.29, 1.82) is 0 Å². The number of aliphatic hydroxyl groups excluding tert-OH is 1. The van der Waals surface area contributed by atoms with Crippen LogP contribution >= 0.6 is 0 Å². The molecule has 1 amide bonds. The molecule has 0 bridgehead atoms. The second kappa shape index (κ2) is 6.06. The molecule has 0 radical (unpaired) electrons. The maximum absolute atomic E-state index is 12.5. The molecule has 0 heterocycles. The minimum absolute atomic E-state index is 0.0649. The van der Waals surface area contributed by atoms with Gasteiger partial charge in [-0.1, -0.05) is 6.07 Å². The van der Waals surface area contributed by atoms with Crippen molar-refractivity contribution in [2.75, 3.05) is 13.7 Å². The van der Waals surface area contributed by atoms with Crippen LogP contribution in [-0.4, -0.2) is 30.8 Å². The van der Waals surface area contributed by atoms with E-state index in [1.807, 2.05) is 12.1 Å². The molecular formula is C17H23NO3. The second-order valence-electron chi connectivity index (χ2n) is 6.25. The van der Waals surface area contributed by atoms with Gasteiger partial charge in [-0.05, 0) is 55.7 Å². The molecule has 4 nitrogen and oxygen atoms in total. The van der Waals surface area contributed by atoms with Crippen LogP contribution in [0.1, 0.15) is 36.0 Å². The second-order valence-corrected chi connectivity index (χ2v) is 6.25. The number of rotatable bonds is 7. The maximum Gasteiger partial charge on any atom is 0.251 e. The number of amides is 1. The topological polar surface area (TPSA) is 58.6 Å². The number of hydrogen-bond acceptors (Lipinski definition) is 3. The summed E-state index contributed by atoms with van der Waals surface area (Å²) in [6.45, 7) is 0.171. The Bertz CT molecular complexity index is 509. The molecule has 2 aliphatic rings. The van der Waals surface area contributed by atoms with Crippen LogP contribution in [0, 0.1) is 17.8 Å². The average Bonchev–Trinajstić information content (AvgIpc) is 3.39. The molecule has 21 heavy (non-hydrogen) atoms. The predicted molar refractivity (Wildman–Crippen MR) is 80.3 cm³/mol. The predicted octanol–water partition coefficient (Wildman–Crippen LogP) is 2.22. The highest BCUT2D eigenvalue weighted by Gasteiger charge is 2.43. The Morgan fingerprint density at radius 3 is 2.62 bits per heavy atom. The highest BCUT2D eigenvalue weighted by Crippen LogP contribution is 2.45. The lowest BCUT2D eigenvalue weighted by atomic mass is 9.91. The molecule has 1 aromatic carbocycles. The van der Waals surface area contributed by atoms with Gasteiger partial charge in [-0.25, -0.2) is 0 Å². The molecule has 0 aromatic heterocycles. The van der Waals surface area contributed by atoms with Gasteiger partial charge in [-0.15, -0.1) is 0 Å². The SMILES string of the molecule is COc1cccc(C(=O)N[C@@H](C2CC2)[C@H](CO)C2CC2)c1. The summed E-state index contributed by atoms with van der Waals surface area (Å²) < 4.78 is 5.17. The largest absolute Gasteiger partial charge is 0.497 e. The highest BCUT2D eigenvalue weighted by atomic mass is 16.5. The minimum atomic E-state index is -0.0649. The van der Waals surface area contributed by atoms with Crippen LogP contribution in [0.2, 0.25) is 0 Å². The van der Waals surface area contributed by atoms with Gasteiger partial charge in [0, 0.05) is 24.1 Å². The van der Waals surface area contributed by atoms with Gasteiger partial charge in [-0.2, -0.15) is 0 Å². The average molecular weight is 289 g/mol. The third kappa shape index (κ3) is 3.38. The van der Waals surface area contributed by atoms with Gasteiger partial charge >= 0.3 is 0 Å². The van der Waals surface area contributed by atoms with Crippen LogP contribution in [0.4, 0.5) is 0 Å². The normalized spacial score (nSPS) is 20.7. The minimum Gasteiger partial charge on any atom is -0.497 e. The number of carbonyl (C=O) groups excluding carboxylic acids is 1. The Balaban J connectivity index is 1.71. The molecule has 1 aromatic rings. The summed E-state index contributed by atoms with van der Waals surface area (Å²) >= 11 is 0. The maximum atomic E-state index is 12.5. The summed E-state index contributed by atoms with van der Waals surface area (Å²) in [6, 6.07) is 7.32. The van der Waals surface area contributed by atoms with Crippen molar-refractivity contribution in [2.45, 2.75) is 31.7 Å². The van der Waals surface area contributed by atoms with Crippen molar-refractivity contribution in [3.05, 3.63) is 29.8 Å². The van der Waals surface area contributed by atoms with Gasteiger partial charge in [0.05, 0.1) is 7.11 Å². The third-order valence-electron chi connectivity index (χ3n) is 4.66. The summed E-state index contributed by atoms with van der Waals surface area (Å²) in [5, 5.41) is 12.8. The summed E-state index contributed by atoms with van der Waals surface area (Å²) in [4.78, 5) is 12.5. The van der Waals surface area contributed by atoms with E-state index in [1.54, 1.807) is 19.2 Å². The zero-order chi connectivity index (χ0) is 14.8. The van der Waals surface area contributed by atoms with Crippen molar-refractivity contribution in [1.82, 2.24) is 5.32 Å². The van der Waals surface area contributed by atoms with E-state index in [0.717, 1.165) is 12.8 Å². The van der Waals surface area contributed by atoms with E-state index in [1.165, 1.54) is 12.8 Å². The van der Waals surface area contributed by atoms with Gasteiger partial charge in [0.1, 0.15) is 5.75 Å². The van der Waals surface area contributed by atoms with E-state index in [0.29, 0.717) is 23.1 Å². The van der Waals surface area contributed by atoms with E-state index < -0.39 is 0 Å². The van der Waals surface area contributed by atoms with Crippen LogP contribution < -0.4 is 10.1 Å². The lowest BCUT2D eigenvalue weighted by Crippen LogP contribution is -2.44. The van der Waals surface area contributed by atoms with Gasteiger partial charge in [-0.3, -0.25) is 4.79 Å². The van der Waals surface area contributed by atoms with Gasteiger partial charge in [0.25, 0.3) is 5.91 Å². The van der Waals surface area contributed by atoms with E-state index in [4.69, 9.17) is 4.74 Å². The molecule has 2 saturated carbocycles. The van der Waals surface area contributed by atoms with Crippen molar-refractivity contribution < 1.29 is 14.6 Å². The molecule has 2 N–H and O–H groups in total. The van der Waals surface area contributed by atoms with E-state index >= 15 is 0 Å². The smallest absolute Gasteiger partial charge is 0.251 e. The number of methoxy groups -OCH3 is 1. The molecule has 114 valence electrons. The first kappa shape index (κ1) is 14.4. The Morgan fingerprint density at radius 1 is 1.33 bits per heavy atom. The first-order chi connectivity index (χ1) is 10.2. The van der Waals surface area contributed by atoms with Gasteiger partial charge in [0.15, 0.2) is 0 Å². The lowest BCUT2D eigenvalue weighted by Gasteiger charge is -2.27. The number of hydrogen-bond donors (Lipinski definition) is 2. The molecule has 4 heteroatoms. The number of aliphatic hydroxyl groups is 1. The summed E-state index contributed by atoms with van der Waals surface area (Å²) in [5.41, 5.74) is 0.618. The van der Waals surface area contributed by atoms with Crippen LogP contribution in [0.25, 0.3) is 0 Å². The van der Waals surface area contributed by atoms with E-state index in [9.17, 15) is 9.90 Å².